The second kappa shape index (κ2) is 8.37. The fourth-order valence-corrected chi connectivity index (χ4v) is 2.64. The van der Waals surface area contributed by atoms with Gasteiger partial charge >= 0.3 is 5.97 Å². The lowest BCUT2D eigenvalue weighted by atomic mass is 9.83. The molecule has 0 aromatic carbocycles. The minimum Gasteiger partial charge on any atom is -0.481 e. The highest BCUT2D eigenvalue weighted by Crippen LogP contribution is 2.28. The molecule has 1 N–H and O–H groups in total. The molecule has 0 amide bonds. The highest BCUT2D eigenvalue weighted by Gasteiger charge is 2.27. The molecule has 132 valence electrons. The van der Waals surface area contributed by atoms with Gasteiger partial charge in [0.25, 0.3) is 5.09 Å². The van der Waals surface area contributed by atoms with Gasteiger partial charge < -0.3 is 9.94 Å². The molecule has 1 atom stereocenters. The van der Waals surface area contributed by atoms with Gasteiger partial charge in [0.15, 0.2) is 11.6 Å². The Kier molecular flexibility index (Phi) is 6.82. The van der Waals surface area contributed by atoms with Crippen LogP contribution in [-0.2, 0) is 19.2 Å². The summed E-state index contributed by atoms with van der Waals surface area (Å²) >= 11 is 0. The Bertz CT molecular complexity index is 630. The van der Waals surface area contributed by atoms with Crippen LogP contribution in [0.4, 0.5) is 0 Å². The maximum absolute atomic E-state index is 12.3. The standard InChI is InChI=1S/C16H21NO7/c1-9-10(2)15(19)13(11(3)14(9)18)6-4-5-12(16(20)21)7-8-24-17(22)23/h12H,4-8H2,1-3H3,(H,20,21). The molecule has 0 spiro atoms. The van der Waals surface area contributed by atoms with E-state index in [1.165, 1.54) is 0 Å². The van der Waals surface area contributed by atoms with E-state index in [1.54, 1.807) is 20.8 Å². The van der Waals surface area contributed by atoms with Crippen molar-refractivity contribution in [1.82, 2.24) is 0 Å². The van der Waals surface area contributed by atoms with Crippen LogP contribution < -0.4 is 0 Å². The molecule has 1 aliphatic rings. The monoisotopic (exact) mass is 339 g/mol. The second-order valence-corrected chi connectivity index (χ2v) is 5.78. The molecule has 8 nitrogen and oxygen atoms in total. The van der Waals surface area contributed by atoms with Gasteiger partial charge in [0.2, 0.25) is 0 Å². The maximum atomic E-state index is 12.3. The molecule has 0 fully saturated rings. The van der Waals surface area contributed by atoms with Crippen molar-refractivity contribution in [3.05, 3.63) is 32.4 Å². The van der Waals surface area contributed by atoms with Gasteiger partial charge in [-0.25, -0.2) is 0 Å². The molecule has 0 bridgehead atoms. The van der Waals surface area contributed by atoms with Gasteiger partial charge in [-0.2, -0.15) is 0 Å². The molecule has 0 saturated carbocycles. The molecule has 0 aromatic rings. The Labute approximate surface area is 139 Å². The Hall–Kier alpha value is -2.51. The number of carbonyl (C=O) groups is 3. The van der Waals surface area contributed by atoms with Crippen LogP contribution in [0.3, 0.4) is 0 Å². The summed E-state index contributed by atoms with van der Waals surface area (Å²) in [5.74, 6) is -2.19. The summed E-state index contributed by atoms with van der Waals surface area (Å²) in [5, 5.41) is 18.3. The number of carboxylic acid groups (broad SMARTS) is 1. The van der Waals surface area contributed by atoms with Crippen molar-refractivity contribution in [3.8, 4) is 0 Å². The van der Waals surface area contributed by atoms with Gasteiger partial charge in [-0.15, -0.1) is 10.1 Å². The van der Waals surface area contributed by atoms with E-state index in [0.717, 1.165) is 0 Å². The van der Waals surface area contributed by atoms with E-state index in [9.17, 15) is 24.5 Å². The quantitative estimate of drug-likeness (QED) is 0.388. The molecule has 0 heterocycles. The third-order valence-corrected chi connectivity index (χ3v) is 4.30. The summed E-state index contributed by atoms with van der Waals surface area (Å²) in [6.07, 6.45) is 0.962. The zero-order valence-electron chi connectivity index (χ0n) is 14.0. The maximum Gasteiger partial charge on any atom is 0.306 e. The van der Waals surface area contributed by atoms with Gasteiger partial charge in [-0.1, -0.05) is 0 Å². The Morgan fingerprint density at radius 2 is 1.71 bits per heavy atom. The molecule has 1 aliphatic carbocycles. The lowest BCUT2D eigenvalue weighted by Gasteiger charge is -2.19. The number of hydrogen-bond acceptors (Lipinski definition) is 6. The zero-order chi connectivity index (χ0) is 18.4. The van der Waals surface area contributed by atoms with E-state index in [0.29, 0.717) is 35.1 Å². The number of Topliss-reactive ketones (excluding diaryl/α,β-unsaturated/α-hetero) is 2. The molecule has 1 rings (SSSR count). The van der Waals surface area contributed by atoms with Gasteiger partial charge in [-0.05, 0) is 46.5 Å². The molecule has 24 heavy (non-hydrogen) atoms. The van der Waals surface area contributed by atoms with Crippen molar-refractivity contribution in [3.63, 3.8) is 0 Å². The van der Waals surface area contributed by atoms with Crippen LogP contribution >= 0.6 is 0 Å². The van der Waals surface area contributed by atoms with Crippen molar-refractivity contribution in [1.29, 1.82) is 0 Å². The summed E-state index contributed by atoms with van der Waals surface area (Å²) in [6.45, 7) is 4.54. The number of rotatable bonds is 9. The lowest BCUT2D eigenvalue weighted by molar-refractivity contribution is -0.758. The first kappa shape index (κ1) is 19.5. The van der Waals surface area contributed by atoms with Crippen molar-refractivity contribution in [2.24, 2.45) is 5.92 Å². The fraction of sp³-hybridized carbons (Fsp3) is 0.562. The molecule has 1 unspecified atom stereocenters. The Morgan fingerprint density at radius 3 is 2.25 bits per heavy atom. The Balaban J connectivity index is 2.64. The molecule has 0 aliphatic heterocycles. The summed E-state index contributed by atoms with van der Waals surface area (Å²) in [7, 11) is 0. The van der Waals surface area contributed by atoms with Crippen LogP contribution in [0.25, 0.3) is 0 Å². The number of carboxylic acids is 1. The van der Waals surface area contributed by atoms with Crippen LogP contribution in [0.2, 0.25) is 0 Å². The topological polar surface area (TPSA) is 124 Å². The first-order chi connectivity index (χ1) is 11.2. The van der Waals surface area contributed by atoms with E-state index in [-0.39, 0.29) is 31.0 Å². The van der Waals surface area contributed by atoms with Crippen molar-refractivity contribution < 1.29 is 29.4 Å². The highest BCUT2D eigenvalue weighted by molar-refractivity contribution is 6.24. The van der Waals surface area contributed by atoms with Crippen LogP contribution in [0.1, 0.15) is 46.5 Å². The van der Waals surface area contributed by atoms with Crippen LogP contribution in [0.15, 0.2) is 22.3 Å². The first-order valence-electron chi connectivity index (χ1n) is 7.63. The summed E-state index contributed by atoms with van der Waals surface area (Å²) < 4.78 is 0. The zero-order valence-corrected chi connectivity index (χ0v) is 14.0. The van der Waals surface area contributed by atoms with Gasteiger partial charge in [0.1, 0.15) is 0 Å². The van der Waals surface area contributed by atoms with Crippen LogP contribution in [0, 0.1) is 16.0 Å². The lowest BCUT2D eigenvalue weighted by Crippen LogP contribution is -2.21. The Morgan fingerprint density at radius 1 is 1.12 bits per heavy atom. The van der Waals surface area contributed by atoms with Crippen LogP contribution in [0.5, 0.6) is 0 Å². The molecule has 0 aromatic heterocycles. The van der Waals surface area contributed by atoms with Crippen molar-refractivity contribution in [2.45, 2.75) is 46.5 Å². The third kappa shape index (κ3) is 4.74. The first-order valence-corrected chi connectivity index (χ1v) is 7.63. The molecule has 0 radical (unpaired) electrons. The van der Waals surface area contributed by atoms with Crippen molar-refractivity contribution in [2.75, 3.05) is 6.61 Å². The number of hydrogen-bond donors (Lipinski definition) is 1. The molecular weight excluding hydrogens is 318 g/mol. The van der Waals surface area contributed by atoms with E-state index in [2.05, 4.69) is 4.84 Å². The summed E-state index contributed by atoms with van der Waals surface area (Å²) in [5.41, 5.74) is 1.71. The average molecular weight is 339 g/mol. The fourth-order valence-electron chi connectivity index (χ4n) is 2.64. The number of aliphatic carboxylic acids is 1. The third-order valence-electron chi connectivity index (χ3n) is 4.30. The minimum absolute atomic E-state index is 0.0132. The van der Waals surface area contributed by atoms with E-state index < -0.39 is 17.0 Å². The van der Waals surface area contributed by atoms with Crippen LogP contribution in [-0.4, -0.2) is 34.3 Å². The van der Waals surface area contributed by atoms with Gasteiger partial charge in [-0.3, -0.25) is 14.4 Å². The number of nitrogens with zero attached hydrogens (tertiary/aromatic N) is 1. The molecular formula is C16H21NO7. The van der Waals surface area contributed by atoms with Gasteiger partial charge in [0.05, 0.1) is 12.5 Å². The number of ketones is 2. The average Bonchev–Trinajstić information content (AvgIpc) is 2.52. The molecule has 0 saturated heterocycles. The molecule has 8 heteroatoms. The second-order valence-electron chi connectivity index (χ2n) is 5.78. The largest absolute Gasteiger partial charge is 0.481 e. The van der Waals surface area contributed by atoms with E-state index in [1.807, 2.05) is 0 Å². The summed E-state index contributed by atoms with van der Waals surface area (Å²) in [4.78, 5) is 49.7. The smallest absolute Gasteiger partial charge is 0.306 e. The summed E-state index contributed by atoms with van der Waals surface area (Å²) in [6, 6.07) is 0. The van der Waals surface area contributed by atoms with Crippen molar-refractivity contribution >= 4 is 17.5 Å². The minimum atomic E-state index is -1.06. The highest BCUT2D eigenvalue weighted by atomic mass is 16.9. The predicted molar refractivity (Wildman–Crippen MR) is 83.6 cm³/mol. The van der Waals surface area contributed by atoms with Gasteiger partial charge in [0, 0.05) is 22.3 Å². The predicted octanol–water partition coefficient (Wildman–Crippen LogP) is 2.26. The normalized spacial score (nSPS) is 16.5. The number of allylic oxidation sites excluding steroid dienone is 4. The van der Waals surface area contributed by atoms with E-state index >= 15 is 0 Å². The SMILES string of the molecule is CC1=C(C)C(=O)C(CCCC(CCO[N+](=O)[O-])C(=O)O)=C(C)C1=O. The van der Waals surface area contributed by atoms with E-state index in [4.69, 9.17) is 5.11 Å². The number of carbonyl (C=O) groups excluding carboxylic acids is 2.